The van der Waals surface area contributed by atoms with Gasteiger partial charge >= 0.3 is 0 Å². The molecule has 0 aromatic heterocycles. The molecule has 0 saturated heterocycles. The Labute approximate surface area is 82.6 Å². The first kappa shape index (κ1) is 10.6. The summed E-state index contributed by atoms with van der Waals surface area (Å²) >= 11 is 0. The first-order valence-electron chi connectivity index (χ1n) is 4.62. The Bertz CT molecular complexity index is 315. The summed E-state index contributed by atoms with van der Waals surface area (Å²) in [6, 6.07) is 2.48. The molecule has 2 rings (SSSR count). The molecule has 1 heterocycles. The van der Waals surface area contributed by atoms with Crippen LogP contribution in [0.15, 0.2) is 12.1 Å². The monoisotopic (exact) mass is 199 g/mol. The quantitative estimate of drug-likeness (QED) is 0.651. The molecule has 1 aliphatic rings. The molecule has 0 bridgehead atoms. The molecule has 78 valence electrons. The van der Waals surface area contributed by atoms with Crippen LogP contribution in [-0.4, -0.2) is 13.2 Å². The molecule has 3 nitrogen and oxygen atoms in total. The van der Waals surface area contributed by atoms with Gasteiger partial charge < -0.3 is 15.2 Å². The zero-order chi connectivity index (χ0) is 10.6. The van der Waals surface area contributed by atoms with Gasteiger partial charge in [-0.05, 0) is 0 Å². The fraction of sp³-hybridized carbons (Fsp3) is 0.400. The van der Waals surface area contributed by atoms with Crippen LogP contribution in [0.1, 0.15) is 13.8 Å². The van der Waals surface area contributed by atoms with E-state index in [9.17, 15) is 4.39 Å². The number of nitrogens with two attached hydrogens (primary N) is 1. The lowest BCUT2D eigenvalue weighted by molar-refractivity contribution is 0.172. The highest BCUT2D eigenvalue weighted by atomic mass is 19.1. The molecule has 0 unspecified atom stereocenters. The van der Waals surface area contributed by atoms with Crippen LogP contribution >= 0.6 is 0 Å². The van der Waals surface area contributed by atoms with Crippen molar-refractivity contribution in [3.63, 3.8) is 0 Å². The number of rotatable bonds is 0. The number of halogens is 1. The smallest absolute Gasteiger partial charge is 0.184 e. The molecule has 0 amide bonds. The highest BCUT2D eigenvalue weighted by molar-refractivity contribution is 5.60. The number of anilines is 1. The first-order chi connectivity index (χ1) is 6.77. The van der Waals surface area contributed by atoms with Crippen LogP contribution in [0.3, 0.4) is 0 Å². The van der Waals surface area contributed by atoms with Gasteiger partial charge in [0.05, 0.1) is 5.69 Å². The summed E-state index contributed by atoms with van der Waals surface area (Å²) in [6.07, 6.45) is 0. The molecule has 0 fully saturated rings. The van der Waals surface area contributed by atoms with E-state index in [0.29, 0.717) is 24.7 Å². The second-order valence-corrected chi connectivity index (χ2v) is 2.52. The van der Waals surface area contributed by atoms with E-state index >= 15 is 0 Å². The minimum Gasteiger partial charge on any atom is -0.486 e. The summed E-state index contributed by atoms with van der Waals surface area (Å²) < 4.78 is 23.1. The summed E-state index contributed by atoms with van der Waals surface area (Å²) in [7, 11) is 0. The van der Waals surface area contributed by atoms with E-state index in [1.807, 2.05) is 13.8 Å². The third-order valence-corrected chi connectivity index (χ3v) is 1.64. The zero-order valence-corrected chi connectivity index (χ0v) is 8.34. The number of hydrogen-bond acceptors (Lipinski definition) is 3. The molecule has 1 aromatic rings. The van der Waals surface area contributed by atoms with Gasteiger partial charge in [0.25, 0.3) is 0 Å². The summed E-state index contributed by atoms with van der Waals surface area (Å²) in [6.45, 7) is 4.90. The van der Waals surface area contributed by atoms with Gasteiger partial charge in [-0.1, -0.05) is 13.8 Å². The van der Waals surface area contributed by atoms with Gasteiger partial charge in [0.15, 0.2) is 11.5 Å². The van der Waals surface area contributed by atoms with Crippen LogP contribution in [0.4, 0.5) is 10.1 Å². The van der Waals surface area contributed by atoms with E-state index in [-0.39, 0.29) is 5.69 Å². The Morgan fingerprint density at radius 1 is 1.21 bits per heavy atom. The molecule has 0 spiro atoms. The van der Waals surface area contributed by atoms with Gasteiger partial charge in [0, 0.05) is 12.1 Å². The molecule has 0 radical (unpaired) electrons. The topological polar surface area (TPSA) is 44.5 Å². The predicted molar refractivity (Wildman–Crippen MR) is 53.2 cm³/mol. The molecule has 0 saturated carbocycles. The third-order valence-electron chi connectivity index (χ3n) is 1.64. The van der Waals surface area contributed by atoms with Crippen molar-refractivity contribution in [2.24, 2.45) is 0 Å². The third kappa shape index (κ3) is 2.07. The van der Waals surface area contributed by atoms with E-state index < -0.39 is 5.82 Å². The minimum atomic E-state index is -0.406. The first-order valence-corrected chi connectivity index (χ1v) is 4.62. The van der Waals surface area contributed by atoms with E-state index in [1.165, 1.54) is 12.1 Å². The Morgan fingerprint density at radius 2 is 1.86 bits per heavy atom. The van der Waals surface area contributed by atoms with Gasteiger partial charge in [-0.2, -0.15) is 0 Å². The highest BCUT2D eigenvalue weighted by Crippen LogP contribution is 2.36. The van der Waals surface area contributed by atoms with Crippen molar-refractivity contribution in [1.29, 1.82) is 0 Å². The second kappa shape index (κ2) is 4.69. The van der Waals surface area contributed by atoms with Crippen molar-refractivity contribution in [3.8, 4) is 11.5 Å². The lowest BCUT2D eigenvalue weighted by Gasteiger charge is -2.19. The van der Waals surface area contributed by atoms with Crippen molar-refractivity contribution in [2.45, 2.75) is 13.8 Å². The standard InChI is InChI=1S/C8H8FNO2.C2H6/c9-5-3-6(10)8-7(4-5)11-1-2-12-8;1-2/h3-4H,1-2,10H2;1-2H3. The van der Waals surface area contributed by atoms with Crippen LogP contribution in [0.25, 0.3) is 0 Å². The molecule has 14 heavy (non-hydrogen) atoms. The Morgan fingerprint density at radius 3 is 2.57 bits per heavy atom. The van der Waals surface area contributed by atoms with Gasteiger partial charge in [-0.3, -0.25) is 0 Å². The summed E-state index contributed by atoms with van der Waals surface area (Å²) in [5, 5.41) is 0. The Hall–Kier alpha value is -1.45. The maximum atomic E-state index is 12.7. The zero-order valence-electron chi connectivity index (χ0n) is 8.34. The second-order valence-electron chi connectivity index (χ2n) is 2.52. The van der Waals surface area contributed by atoms with E-state index in [1.54, 1.807) is 0 Å². The predicted octanol–water partition coefficient (Wildman–Crippen LogP) is 2.21. The number of ether oxygens (including phenoxy) is 2. The van der Waals surface area contributed by atoms with Crippen molar-refractivity contribution < 1.29 is 13.9 Å². The molecule has 2 N–H and O–H groups in total. The lowest BCUT2D eigenvalue weighted by atomic mass is 10.2. The Kier molecular flexibility index (Phi) is 3.56. The fourth-order valence-corrected chi connectivity index (χ4v) is 1.15. The normalized spacial score (nSPS) is 12.8. The number of hydrogen-bond donors (Lipinski definition) is 1. The van der Waals surface area contributed by atoms with Crippen LogP contribution in [-0.2, 0) is 0 Å². The molecule has 1 aliphatic heterocycles. The van der Waals surface area contributed by atoms with Gasteiger partial charge in [0.2, 0.25) is 0 Å². The molecule has 0 atom stereocenters. The number of fused-ring (bicyclic) bond motifs is 1. The van der Waals surface area contributed by atoms with Crippen LogP contribution in [0, 0.1) is 5.82 Å². The van der Waals surface area contributed by atoms with E-state index in [4.69, 9.17) is 15.2 Å². The van der Waals surface area contributed by atoms with Crippen molar-refractivity contribution in [3.05, 3.63) is 17.9 Å². The molecular weight excluding hydrogens is 185 g/mol. The van der Waals surface area contributed by atoms with Gasteiger partial charge in [-0.25, -0.2) is 4.39 Å². The van der Waals surface area contributed by atoms with Crippen LogP contribution in [0.5, 0.6) is 11.5 Å². The van der Waals surface area contributed by atoms with E-state index in [0.717, 1.165) is 0 Å². The van der Waals surface area contributed by atoms with E-state index in [2.05, 4.69) is 0 Å². The average Bonchev–Trinajstić information content (AvgIpc) is 2.20. The average molecular weight is 199 g/mol. The van der Waals surface area contributed by atoms with Gasteiger partial charge in [-0.15, -0.1) is 0 Å². The Balaban J connectivity index is 0.000000461. The molecule has 0 aliphatic carbocycles. The van der Waals surface area contributed by atoms with Crippen LogP contribution < -0.4 is 15.2 Å². The number of benzene rings is 1. The SMILES string of the molecule is CC.Nc1cc(F)cc2c1OCCO2. The summed E-state index contributed by atoms with van der Waals surface area (Å²) in [4.78, 5) is 0. The summed E-state index contributed by atoms with van der Waals surface area (Å²) in [5.74, 6) is 0.429. The van der Waals surface area contributed by atoms with Crippen molar-refractivity contribution in [2.75, 3.05) is 18.9 Å². The molecular formula is C10H14FNO2. The molecule has 4 heteroatoms. The van der Waals surface area contributed by atoms with Crippen molar-refractivity contribution >= 4 is 5.69 Å². The maximum absolute atomic E-state index is 12.7. The maximum Gasteiger partial charge on any atom is 0.184 e. The van der Waals surface area contributed by atoms with Gasteiger partial charge in [0.1, 0.15) is 19.0 Å². The van der Waals surface area contributed by atoms with Crippen molar-refractivity contribution in [1.82, 2.24) is 0 Å². The fourth-order valence-electron chi connectivity index (χ4n) is 1.15. The summed E-state index contributed by atoms with van der Waals surface area (Å²) in [5.41, 5.74) is 5.78. The lowest BCUT2D eigenvalue weighted by Crippen LogP contribution is -2.16. The highest BCUT2D eigenvalue weighted by Gasteiger charge is 2.15. The minimum absolute atomic E-state index is 0.282. The number of nitrogen functional groups attached to an aromatic ring is 1. The molecule has 1 aromatic carbocycles. The van der Waals surface area contributed by atoms with Crippen LogP contribution in [0.2, 0.25) is 0 Å². The largest absolute Gasteiger partial charge is 0.486 e.